The number of methoxy groups -OCH3 is 1. The van der Waals surface area contributed by atoms with Crippen LogP contribution in [0.25, 0.3) is 0 Å². The summed E-state index contributed by atoms with van der Waals surface area (Å²) in [5, 5.41) is 0. The van der Waals surface area contributed by atoms with Crippen LogP contribution >= 0.6 is 0 Å². The maximum atomic E-state index is 5.44. The third-order valence-electron chi connectivity index (χ3n) is 3.52. The van der Waals surface area contributed by atoms with Crippen LogP contribution in [0.1, 0.15) is 32.6 Å². The molecule has 1 aromatic heterocycles. The molecule has 17 heavy (non-hydrogen) atoms. The molecule has 1 aliphatic heterocycles. The van der Waals surface area contributed by atoms with Gasteiger partial charge in [0, 0.05) is 26.0 Å². The monoisotopic (exact) mass is 235 g/mol. The quantitative estimate of drug-likeness (QED) is 0.784. The summed E-state index contributed by atoms with van der Waals surface area (Å²) in [6.07, 6.45) is 8.29. The van der Waals surface area contributed by atoms with Gasteiger partial charge in [0.25, 0.3) is 0 Å². The second kappa shape index (κ2) is 5.45. The molecule has 1 unspecified atom stereocenters. The Morgan fingerprint density at radius 2 is 2.18 bits per heavy atom. The lowest BCUT2D eigenvalue weighted by Gasteiger charge is -2.38. The summed E-state index contributed by atoms with van der Waals surface area (Å²) in [4.78, 5) is 11.1. The van der Waals surface area contributed by atoms with Crippen LogP contribution < -0.4 is 4.90 Å². The number of aromatic nitrogens is 2. The molecule has 0 aromatic carbocycles. The predicted molar refractivity (Wildman–Crippen MR) is 68.1 cm³/mol. The van der Waals surface area contributed by atoms with Crippen LogP contribution in [0.4, 0.5) is 5.95 Å². The maximum Gasteiger partial charge on any atom is 0.225 e. The lowest BCUT2D eigenvalue weighted by molar-refractivity contribution is 0.127. The van der Waals surface area contributed by atoms with Crippen LogP contribution in [-0.2, 0) is 4.74 Å². The first kappa shape index (κ1) is 12.3. The molecule has 0 amide bonds. The Balaban J connectivity index is 2.25. The number of hydrogen-bond donors (Lipinski definition) is 0. The minimum atomic E-state index is 0.102. The highest BCUT2D eigenvalue weighted by Crippen LogP contribution is 2.35. The van der Waals surface area contributed by atoms with Gasteiger partial charge >= 0.3 is 0 Å². The molecule has 1 aromatic rings. The molecule has 4 heteroatoms. The van der Waals surface area contributed by atoms with Crippen molar-refractivity contribution in [3.05, 3.63) is 18.5 Å². The van der Waals surface area contributed by atoms with Gasteiger partial charge in [0.2, 0.25) is 5.95 Å². The molecular formula is C13H21N3O. The molecule has 0 N–H and O–H groups in total. The summed E-state index contributed by atoms with van der Waals surface area (Å²) in [5.41, 5.74) is 0.102. The number of ether oxygens (including phenoxy) is 1. The van der Waals surface area contributed by atoms with E-state index in [9.17, 15) is 0 Å². The van der Waals surface area contributed by atoms with E-state index in [1.165, 1.54) is 12.8 Å². The van der Waals surface area contributed by atoms with Crippen molar-refractivity contribution in [1.82, 2.24) is 9.97 Å². The van der Waals surface area contributed by atoms with Gasteiger partial charge in [-0.2, -0.15) is 0 Å². The number of hydrogen-bond acceptors (Lipinski definition) is 4. The van der Waals surface area contributed by atoms with Crippen molar-refractivity contribution in [3.63, 3.8) is 0 Å². The molecule has 0 radical (unpaired) electrons. The molecule has 0 spiro atoms. The molecule has 1 atom stereocenters. The fourth-order valence-corrected chi connectivity index (χ4v) is 2.90. The summed E-state index contributed by atoms with van der Waals surface area (Å²) in [7, 11) is 1.78. The van der Waals surface area contributed by atoms with Crippen molar-refractivity contribution in [2.24, 2.45) is 0 Å². The Kier molecular flexibility index (Phi) is 3.94. The van der Waals surface area contributed by atoms with Crippen molar-refractivity contribution in [2.75, 3.05) is 25.2 Å². The van der Waals surface area contributed by atoms with Crippen LogP contribution in [0.3, 0.4) is 0 Å². The van der Waals surface area contributed by atoms with Gasteiger partial charge in [-0.3, -0.25) is 0 Å². The molecule has 0 saturated carbocycles. The Morgan fingerprint density at radius 1 is 1.41 bits per heavy atom. The molecule has 2 rings (SSSR count). The second-order valence-electron chi connectivity index (χ2n) is 4.71. The van der Waals surface area contributed by atoms with E-state index in [4.69, 9.17) is 4.74 Å². The highest BCUT2D eigenvalue weighted by Gasteiger charge is 2.41. The first-order chi connectivity index (χ1) is 8.32. The summed E-state index contributed by atoms with van der Waals surface area (Å²) >= 11 is 0. The molecule has 1 aliphatic rings. The third kappa shape index (κ3) is 2.41. The van der Waals surface area contributed by atoms with Crippen molar-refractivity contribution in [2.45, 2.75) is 38.1 Å². The summed E-state index contributed by atoms with van der Waals surface area (Å²) in [5.74, 6) is 0.843. The standard InChI is InChI=1S/C13H21N3O/c1-3-6-13(11-17-2)7-4-10-16(13)12-14-8-5-9-15-12/h5,8-9H,3-4,6-7,10-11H2,1-2H3. The molecule has 0 aliphatic carbocycles. The van der Waals surface area contributed by atoms with Crippen LogP contribution in [0.2, 0.25) is 0 Å². The normalized spacial score (nSPS) is 24.2. The SMILES string of the molecule is CCCC1(COC)CCCN1c1ncccn1. The van der Waals surface area contributed by atoms with Crippen LogP contribution in [0.15, 0.2) is 18.5 Å². The van der Waals surface area contributed by atoms with E-state index in [1.807, 2.05) is 18.5 Å². The molecule has 0 bridgehead atoms. The molecule has 1 fully saturated rings. The van der Waals surface area contributed by atoms with Gasteiger partial charge in [0.15, 0.2) is 0 Å². The van der Waals surface area contributed by atoms with Crippen molar-refractivity contribution < 1.29 is 4.74 Å². The maximum absolute atomic E-state index is 5.44. The van der Waals surface area contributed by atoms with E-state index in [0.29, 0.717) is 0 Å². The highest BCUT2D eigenvalue weighted by molar-refractivity contribution is 5.36. The van der Waals surface area contributed by atoms with Crippen molar-refractivity contribution in [1.29, 1.82) is 0 Å². The van der Waals surface area contributed by atoms with Gasteiger partial charge in [-0.25, -0.2) is 9.97 Å². The van der Waals surface area contributed by atoms with E-state index < -0.39 is 0 Å². The minimum absolute atomic E-state index is 0.102. The molecule has 1 saturated heterocycles. The van der Waals surface area contributed by atoms with E-state index in [-0.39, 0.29) is 5.54 Å². The van der Waals surface area contributed by atoms with Crippen molar-refractivity contribution in [3.8, 4) is 0 Å². The minimum Gasteiger partial charge on any atom is -0.382 e. The van der Waals surface area contributed by atoms with E-state index in [2.05, 4.69) is 21.8 Å². The topological polar surface area (TPSA) is 38.2 Å². The number of anilines is 1. The first-order valence-corrected chi connectivity index (χ1v) is 6.36. The fourth-order valence-electron chi connectivity index (χ4n) is 2.90. The van der Waals surface area contributed by atoms with E-state index in [1.54, 1.807) is 7.11 Å². The first-order valence-electron chi connectivity index (χ1n) is 6.36. The van der Waals surface area contributed by atoms with Crippen molar-refractivity contribution >= 4 is 5.95 Å². The van der Waals surface area contributed by atoms with Crippen LogP contribution in [0, 0.1) is 0 Å². The Hall–Kier alpha value is -1.16. The smallest absolute Gasteiger partial charge is 0.225 e. The van der Waals surface area contributed by atoms with Crippen LogP contribution in [-0.4, -0.2) is 35.8 Å². The number of rotatable bonds is 5. The van der Waals surface area contributed by atoms with E-state index in [0.717, 1.165) is 31.9 Å². The molecule has 4 nitrogen and oxygen atoms in total. The molecular weight excluding hydrogens is 214 g/mol. The lowest BCUT2D eigenvalue weighted by atomic mass is 9.91. The lowest BCUT2D eigenvalue weighted by Crippen LogP contribution is -2.48. The summed E-state index contributed by atoms with van der Waals surface area (Å²) in [6.45, 7) is 4.02. The van der Waals surface area contributed by atoms with Gasteiger partial charge in [-0.1, -0.05) is 13.3 Å². The molecule has 94 valence electrons. The zero-order valence-electron chi connectivity index (χ0n) is 10.7. The summed E-state index contributed by atoms with van der Waals surface area (Å²) in [6, 6.07) is 1.86. The average Bonchev–Trinajstić information content (AvgIpc) is 2.75. The van der Waals surface area contributed by atoms with Gasteiger partial charge in [0.1, 0.15) is 0 Å². The zero-order chi connectivity index (χ0) is 12.1. The van der Waals surface area contributed by atoms with Crippen LogP contribution in [0.5, 0.6) is 0 Å². The second-order valence-corrected chi connectivity index (χ2v) is 4.71. The fraction of sp³-hybridized carbons (Fsp3) is 0.692. The van der Waals surface area contributed by atoms with E-state index >= 15 is 0 Å². The Labute approximate surface area is 103 Å². The zero-order valence-corrected chi connectivity index (χ0v) is 10.7. The van der Waals surface area contributed by atoms with Gasteiger partial charge in [-0.15, -0.1) is 0 Å². The third-order valence-corrected chi connectivity index (χ3v) is 3.52. The van der Waals surface area contributed by atoms with Gasteiger partial charge in [0.05, 0.1) is 12.1 Å². The van der Waals surface area contributed by atoms with Gasteiger partial charge < -0.3 is 9.64 Å². The Bertz CT molecular complexity index is 336. The predicted octanol–water partition coefficient (Wildman–Crippen LogP) is 2.26. The average molecular weight is 235 g/mol. The van der Waals surface area contributed by atoms with Gasteiger partial charge in [-0.05, 0) is 25.3 Å². The number of nitrogens with zero attached hydrogens (tertiary/aromatic N) is 3. The summed E-state index contributed by atoms with van der Waals surface area (Å²) < 4.78 is 5.44. The Morgan fingerprint density at radius 3 is 2.82 bits per heavy atom. The molecule has 2 heterocycles. The largest absolute Gasteiger partial charge is 0.382 e. The highest BCUT2D eigenvalue weighted by atomic mass is 16.5.